The Balaban J connectivity index is 2.02. The minimum Gasteiger partial charge on any atom is -0.384 e. The zero-order valence-electron chi connectivity index (χ0n) is 15.6. The van der Waals surface area contributed by atoms with E-state index in [1.165, 1.54) is 0 Å². The van der Waals surface area contributed by atoms with E-state index in [0.717, 1.165) is 23.2 Å². The van der Waals surface area contributed by atoms with E-state index in [1.807, 2.05) is 54.3 Å². The zero-order valence-corrected chi connectivity index (χ0v) is 16.3. The fraction of sp³-hybridized carbons (Fsp3) is 0.217. The lowest BCUT2D eigenvalue weighted by atomic mass is 9.74. The van der Waals surface area contributed by atoms with Gasteiger partial charge in [0.1, 0.15) is 5.82 Å². The van der Waals surface area contributed by atoms with Gasteiger partial charge in [0.25, 0.3) is 0 Å². The van der Waals surface area contributed by atoms with Crippen LogP contribution in [0.4, 0.5) is 5.69 Å². The van der Waals surface area contributed by atoms with Crippen LogP contribution in [-0.4, -0.2) is 5.78 Å². The van der Waals surface area contributed by atoms with Gasteiger partial charge < -0.3 is 5.73 Å². The molecule has 4 rings (SSSR count). The number of benzene rings is 2. The number of para-hydroxylation sites is 1. The Kier molecular flexibility index (Phi) is 4.70. The van der Waals surface area contributed by atoms with Crippen molar-refractivity contribution in [1.29, 1.82) is 5.26 Å². The summed E-state index contributed by atoms with van der Waals surface area (Å²) in [5, 5.41) is 10.5. The third-order valence-corrected chi connectivity index (χ3v) is 5.83. The molecular weight excluding hydrogens is 370 g/mol. The molecule has 140 valence electrons. The van der Waals surface area contributed by atoms with Crippen LogP contribution in [0.25, 0.3) is 0 Å². The minimum absolute atomic E-state index is 0.0757. The van der Waals surface area contributed by atoms with Crippen molar-refractivity contribution in [1.82, 2.24) is 0 Å². The van der Waals surface area contributed by atoms with Crippen molar-refractivity contribution in [2.24, 2.45) is 5.73 Å². The highest BCUT2D eigenvalue weighted by Gasteiger charge is 2.41. The molecule has 0 aromatic heterocycles. The Morgan fingerprint density at radius 2 is 1.86 bits per heavy atom. The summed E-state index contributed by atoms with van der Waals surface area (Å²) in [4.78, 5) is 14.9. The van der Waals surface area contributed by atoms with Crippen LogP contribution in [0.3, 0.4) is 0 Å². The molecule has 2 aromatic carbocycles. The maximum absolute atomic E-state index is 13.1. The molecule has 0 radical (unpaired) electrons. The van der Waals surface area contributed by atoms with Gasteiger partial charge in [0.2, 0.25) is 0 Å². The Morgan fingerprint density at radius 3 is 2.57 bits per heavy atom. The second kappa shape index (κ2) is 7.18. The number of allylic oxidation sites excluding steroid dienone is 3. The summed E-state index contributed by atoms with van der Waals surface area (Å²) in [6.07, 6.45) is 1.96. The molecule has 1 atom stereocenters. The summed E-state index contributed by atoms with van der Waals surface area (Å²) in [6, 6.07) is 17.5. The summed E-state index contributed by atoms with van der Waals surface area (Å²) in [5.41, 5.74) is 11.1. The number of Topliss-reactive ketones (excluding diaryl/α,β-unsaturated/α-hetero) is 1. The SMILES string of the molecule is Cc1ccccc1[C@@H]1C(C#N)=C(N)N(c2ccccc2Cl)C2=C1C(=O)CCC2. The van der Waals surface area contributed by atoms with Gasteiger partial charge in [-0.15, -0.1) is 0 Å². The van der Waals surface area contributed by atoms with E-state index in [0.29, 0.717) is 40.5 Å². The lowest BCUT2D eigenvalue weighted by molar-refractivity contribution is -0.116. The predicted molar refractivity (Wildman–Crippen MR) is 111 cm³/mol. The molecule has 0 fully saturated rings. The Bertz CT molecular complexity index is 1080. The average molecular weight is 390 g/mol. The van der Waals surface area contributed by atoms with Crippen molar-refractivity contribution >= 4 is 23.1 Å². The van der Waals surface area contributed by atoms with Crippen molar-refractivity contribution in [2.45, 2.75) is 32.1 Å². The van der Waals surface area contributed by atoms with Gasteiger partial charge in [0.15, 0.2) is 5.78 Å². The molecule has 28 heavy (non-hydrogen) atoms. The molecule has 0 amide bonds. The summed E-state index contributed by atoms with van der Waals surface area (Å²) in [6.45, 7) is 1.99. The van der Waals surface area contributed by atoms with Crippen LogP contribution in [0.1, 0.15) is 36.3 Å². The average Bonchev–Trinajstić information content (AvgIpc) is 2.69. The van der Waals surface area contributed by atoms with E-state index in [4.69, 9.17) is 17.3 Å². The number of carbonyl (C=O) groups is 1. The molecule has 0 saturated heterocycles. The first-order valence-electron chi connectivity index (χ1n) is 9.30. The minimum atomic E-state index is -0.437. The lowest BCUT2D eigenvalue weighted by Gasteiger charge is -2.40. The fourth-order valence-corrected chi connectivity index (χ4v) is 4.44. The molecule has 4 nitrogen and oxygen atoms in total. The van der Waals surface area contributed by atoms with Crippen molar-refractivity contribution in [2.75, 3.05) is 4.90 Å². The van der Waals surface area contributed by atoms with Gasteiger partial charge in [-0.3, -0.25) is 9.69 Å². The molecule has 0 spiro atoms. The maximum atomic E-state index is 13.1. The third-order valence-electron chi connectivity index (χ3n) is 5.51. The van der Waals surface area contributed by atoms with E-state index < -0.39 is 5.92 Å². The monoisotopic (exact) mass is 389 g/mol. The van der Waals surface area contributed by atoms with Crippen molar-refractivity contribution < 1.29 is 4.79 Å². The fourth-order valence-electron chi connectivity index (χ4n) is 4.22. The molecule has 2 aromatic rings. The number of rotatable bonds is 2. The van der Waals surface area contributed by atoms with Crippen molar-refractivity contribution in [3.05, 3.63) is 87.3 Å². The summed E-state index contributed by atoms with van der Waals surface area (Å²) in [7, 11) is 0. The van der Waals surface area contributed by atoms with Crippen LogP contribution in [0.15, 0.2) is 71.2 Å². The highest BCUT2D eigenvalue weighted by Crippen LogP contribution is 2.47. The van der Waals surface area contributed by atoms with Gasteiger partial charge in [-0.1, -0.05) is 48.0 Å². The van der Waals surface area contributed by atoms with Gasteiger partial charge in [-0.25, -0.2) is 0 Å². The van der Waals surface area contributed by atoms with Gasteiger partial charge in [0.05, 0.1) is 28.3 Å². The molecule has 0 bridgehead atoms. The number of nitrogens with zero attached hydrogens (tertiary/aromatic N) is 2. The van der Waals surface area contributed by atoms with Crippen LogP contribution in [-0.2, 0) is 4.79 Å². The number of hydrogen-bond donors (Lipinski definition) is 1. The number of carbonyl (C=O) groups excluding carboxylic acids is 1. The lowest BCUT2D eigenvalue weighted by Crippen LogP contribution is -2.39. The number of nitrogens with two attached hydrogens (primary N) is 1. The number of hydrogen-bond acceptors (Lipinski definition) is 4. The Hall–Kier alpha value is -3.03. The Morgan fingerprint density at radius 1 is 1.14 bits per heavy atom. The topological polar surface area (TPSA) is 70.1 Å². The number of ketones is 1. The zero-order chi connectivity index (χ0) is 19.8. The van der Waals surface area contributed by atoms with E-state index in [2.05, 4.69) is 6.07 Å². The predicted octanol–water partition coefficient (Wildman–Crippen LogP) is 4.95. The summed E-state index contributed by atoms with van der Waals surface area (Å²) in [5.74, 6) is -0.0168. The van der Waals surface area contributed by atoms with Gasteiger partial charge >= 0.3 is 0 Å². The molecule has 1 aliphatic heterocycles. The van der Waals surface area contributed by atoms with Crippen molar-refractivity contribution in [3.63, 3.8) is 0 Å². The van der Waals surface area contributed by atoms with E-state index in [9.17, 15) is 10.1 Å². The molecule has 0 unspecified atom stereocenters. The normalized spacial score (nSPS) is 19.5. The first kappa shape index (κ1) is 18.3. The molecule has 2 aliphatic rings. The highest BCUT2D eigenvalue weighted by atomic mass is 35.5. The largest absolute Gasteiger partial charge is 0.384 e. The standard InChI is InChI=1S/C23H20ClN3O/c1-14-7-2-3-8-15(14)21-16(13-25)23(26)27(18-10-5-4-9-17(18)24)19-11-6-12-20(28)22(19)21/h2-5,7-10,21H,6,11-12,26H2,1H3/t21-/m1/s1. The van der Waals surface area contributed by atoms with Crippen LogP contribution in [0.2, 0.25) is 5.02 Å². The van der Waals surface area contributed by atoms with Crippen LogP contribution >= 0.6 is 11.6 Å². The smallest absolute Gasteiger partial charge is 0.161 e. The van der Waals surface area contributed by atoms with Crippen LogP contribution < -0.4 is 10.6 Å². The van der Waals surface area contributed by atoms with Gasteiger partial charge in [-0.05, 0) is 43.0 Å². The van der Waals surface area contributed by atoms with E-state index >= 15 is 0 Å². The van der Waals surface area contributed by atoms with Gasteiger partial charge in [0, 0.05) is 17.7 Å². The number of anilines is 1. The molecule has 5 heteroatoms. The van der Waals surface area contributed by atoms with E-state index in [-0.39, 0.29) is 5.78 Å². The van der Waals surface area contributed by atoms with Crippen LogP contribution in [0, 0.1) is 18.3 Å². The molecule has 1 heterocycles. The molecular formula is C23H20ClN3O. The number of aryl methyl sites for hydroxylation is 1. The van der Waals surface area contributed by atoms with E-state index in [1.54, 1.807) is 6.07 Å². The molecule has 1 aliphatic carbocycles. The summed E-state index contributed by atoms with van der Waals surface area (Å²) >= 11 is 6.45. The molecule has 2 N–H and O–H groups in total. The van der Waals surface area contributed by atoms with Crippen molar-refractivity contribution in [3.8, 4) is 6.07 Å². The highest BCUT2D eigenvalue weighted by molar-refractivity contribution is 6.33. The maximum Gasteiger partial charge on any atom is 0.161 e. The molecule has 0 saturated carbocycles. The first-order valence-corrected chi connectivity index (χ1v) is 9.68. The second-order valence-corrected chi connectivity index (χ2v) is 7.53. The quantitative estimate of drug-likeness (QED) is 0.788. The third kappa shape index (κ3) is 2.80. The number of halogens is 1. The Labute approximate surface area is 169 Å². The number of nitriles is 1. The first-order chi connectivity index (χ1) is 13.5. The van der Waals surface area contributed by atoms with Gasteiger partial charge in [-0.2, -0.15) is 5.26 Å². The second-order valence-electron chi connectivity index (χ2n) is 7.12. The summed E-state index contributed by atoms with van der Waals surface area (Å²) < 4.78 is 0. The van der Waals surface area contributed by atoms with Crippen LogP contribution in [0.5, 0.6) is 0 Å².